The fourth-order valence-corrected chi connectivity index (χ4v) is 6.62. The van der Waals surface area contributed by atoms with Crippen LogP contribution in [0.4, 0.5) is 5.69 Å². The van der Waals surface area contributed by atoms with Crippen molar-refractivity contribution in [3.8, 4) is 0 Å². The zero-order chi connectivity index (χ0) is 26.1. The van der Waals surface area contributed by atoms with Gasteiger partial charge in [-0.2, -0.15) is 4.57 Å². The van der Waals surface area contributed by atoms with Gasteiger partial charge < -0.3 is 9.45 Å². The molecule has 2 aromatic carbocycles. The molecule has 1 aromatic heterocycles. The Labute approximate surface area is 223 Å². The Kier molecular flexibility index (Phi) is 10.6. The lowest BCUT2D eigenvalue weighted by atomic mass is 10.2. The summed E-state index contributed by atoms with van der Waals surface area (Å²) in [6, 6.07) is 17.5. The molecule has 0 saturated heterocycles. The van der Waals surface area contributed by atoms with E-state index in [0.717, 1.165) is 25.9 Å². The maximum atomic E-state index is 9.61. The van der Waals surface area contributed by atoms with E-state index in [2.05, 4.69) is 95.1 Å². The molecule has 3 aromatic rings. The summed E-state index contributed by atoms with van der Waals surface area (Å²) in [5, 5.41) is 2.67. The van der Waals surface area contributed by atoms with Crippen molar-refractivity contribution in [1.82, 2.24) is 0 Å². The second-order valence-corrected chi connectivity index (χ2v) is 11.6. The van der Waals surface area contributed by atoms with Crippen LogP contribution in [0.2, 0.25) is 0 Å². The van der Waals surface area contributed by atoms with Gasteiger partial charge in [-0.3, -0.25) is 4.18 Å². The fraction of sp³-hybridized carbons (Fsp3) is 0.370. The van der Waals surface area contributed by atoms with Crippen LogP contribution in [0.5, 0.6) is 0 Å². The molecule has 1 aliphatic heterocycles. The zero-order valence-corrected chi connectivity index (χ0v) is 23.7. The Morgan fingerprint density at radius 1 is 1.06 bits per heavy atom. The number of allylic oxidation sites excluding steroid dienone is 2. The van der Waals surface area contributed by atoms with E-state index in [1.807, 2.05) is 23.1 Å². The van der Waals surface area contributed by atoms with Gasteiger partial charge in [0.15, 0.2) is 0 Å². The Bertz CT molecular complexity index is 1330. The smallest absolute Gasteiger partial charge is 0.263 e. The zero-order valence-electron chi connectivity index (χ0n) is 21.3. The highest BCUT2D eigenvalue weighted by atomic mass is 32.3. The van der Waals surface area contributed by atoms with Crippen LogP contribution in [-0.2, 0) is 21.1 Å². The molecular weight excluding hydrogens is 513 g/mol. The van der Waals surface area contributed by atoms with Gasteiger partial charge in [0, 0.05) is 30.0 Å². The van der Waals surface area contributed by atoms with Crippen molar-refractivity contribution in [2.24, 2.45) is 0 Å². The van der Waals surface area contributed by atoms with E-state index in [9.17, 15) is 13.0 Å². The molecule has 194 valence electrons. The number of aryl methyl sites for hydroxylation is 1. The monoisotopic (exact) mass is 546 g/mol. The van der Waals surface area contributed by atoms with Crippen molar-refractivity contribution < 1.29 is 21.7 Å². The molecule has 0 saturated carbocycles. The van der Waals surface area contributed by atoms with Gasteiger partial charge in [-0.05, 0) is 49.6 Å². The molecular formula is C27H34N2O4S3. The van der Waals surface area contributed by atoms with Crippen molar-refractivity contribution in [2.45, 2.75) is 58.4 Å². The van der Waals surface area contributed by atoms with Crippen LogP contribution in [0, 0.1) is 0 Å². The molecule has 0 spiro atoms. The molecule has 36 heavy (non-hydrogen) atoms. The van der Waals surface area contributed by atoms with Crippen LogP contribution in [0.3, 0.4) is 0 Å². The number of thiazole rings is 1. The molecule has 0 radical (unpaired) electrons. The SMILES string of the molecule is CCCN1/C(=C/C(C)=C/c2sc3ccccc3[n+]2CCC)Sc2ccccc21.CCCOS(=O)(=O)[O-]. The summed E-state index contributed by atoms with van der Waals surface area (Å²) in [7, 11) is -4.44. The number of aromatic nitrogens is 1. The van der Waals surface area contributed by atoms with Crippen molar-refractivity contribution in [1.29, 1.82) is 0 Å². The van der Waals surface area contributed by atoms with Gasteiger partial charge in [0.25, 0.3) is 5.01 Å². The summed E-state index contributed by atoms with van der Waals surface area (Å²) >= 11 is 3.77. The van der Waals surface area contributed by atoms with Crippen LogP contribution in [0.1, 0.15) is 52.0 Å². The maximum Gasteiger partial charge on any atom is 0.263 e. The van der Waals surface area contributed by atoms with Gasteiger partial charge in [-0.15, -0.1) is 0 Å². The van der Waals surface area contributed by atoms with E-state index in [-0.39, 0.29) is 6.61 Å². The van der Waals surface area contributed by atoms with Gasteiger partial charge in [0.05, 0.1) is 17.3 Å². The topological polar surface area (TPSA) is 73.5 Å². The predicted octanol–water partition coefficient (Wildman–Crippen LogP) is 6.74. The first-order chi connectivity index (χ1) is 17.3. The minimum absolute atomic E-state index is 0.0220. The number of thioether (sulfide) groups is 1. The third-order valence-corrected chi connectivity index (χ3v) is 7.98. The average Bonchev–Trinajstić information content (AvgIpc) is 3.36. The second-order valence-electron chi connectivity index (χ2n) is 8.38. The summed E-state index contributed by atoms with van der Waals surface area (Å²) in [5.74, 6) is 0. The van der Waals surface area contributed by atoms with Crippen molar-refractivity contribution in [3.63, 3.8) is 0 Å². The highest BCUT2D eigenvalue weighted by Crippen LogP contribution is 2.46. The predicted molar refractivity (Wildman–Crippen MR) is 150 cm³/mol. The third kappa shape index (κ3) is 7.66. The van der Waals surface area contributed by atoms with Crippen LogP contribution in [-0.4, -0.2) is 26.1 Å². The molecule has 6 nitrogen and oxygen atoms in total. The van der Waals surface area contributed by atoms with Crippen LogP contribution >= 0.6 is 23.1 Å². The number of fused-ring (bicyclic) bond motifs is 2. The van der Waals surface area contributed by atoms with Gasteiger partial charge >= 0.3 is 0 Å². The number of nitrogens with zero attached hydrogens (tertiary/aromatic N) is 2. The van der Waals surface area contributed by atoms with Gasteiger partial charge in [-0.1, -0.05) is 68.1 Å². The number of para-hydroxylation sites is 2. The van der Waals surface area contributed by atoms with E-state index in [1.165, 1.54) is 36.4 Å². The Hall–Kier alpha value is -2.17. The maximum absolute atomic E-state index is 9.61. The standard InChI is InChI=1S/C24H27N2S2.C3H8O4S/c1-4-14-25-19-10-6-8-12-21(19)27-23(25)16-18(3)17-24-26(15-5-2)20-11-7-9-13-22(20)28-24;1-2-3-7-8(4,5)6/h6-13,16-17H,4-5,14-15H2,1-3H3;2-3H2,1H3,(H,4,5,6)/q+1;/p-1. The first kappa shape index (κ1) is 28.4. The van der Waals surface area contributed by atoms with Crippen LogP contribution in [0.25, 0.3) is 16.3 Å². The minimum Gasteiger partial charge on any atom is -0.726 e. The number of hydrogen-bond acceptors (Lipinski definition) is 7. The molecule has 0 aliphatic carbocycles. The minimum atomic E-state index is -4.44. The van der Waals surface area contributed by atoms with E-state index >= 15 is 0 Å². The molecule has 0 N–H and O–H groups in total. The van der Waals surface area contributed by atoms with Gasteiger partial charge in [0.2, 0.25) is 15.9 Å². The highest BCUT2D eigenvalue weighted by molar-refractivity contribution is 8.03. The summed E-state index contributed by atoms with van der Waals surface area (Å²) in [6.45, 7) is 10.5. The molecule has 0 fully saturated rings. The van der Waals surface area contributed by atoms with Crippen LogP contribution < -0.4 is 9.47 Å². The lowest BCUT2D eigenvalue weighted by Gasteiger charge is -2.19. The summed E-state index contributed by atoms with van der Waals surface area (Å²) in [6.07, 6.45) is 7.51. The Balaban J connectivity index is 0.000000392. The van der Waals surface area contributed by atoms with Crippen molar-refractivity contribution in [3.05, 3.63) is 70.2 Å². The summed E-state index contributed by atoms with van der Waals surface area (Å²) < 4.78 is 36.5. The second kappa shape index (κ2) is 13.4. The molecule has 0 amide bonds. The quantitative estimate of drug-likeness (QED) is 0.168. The number of hydrogen-bond donors (Lipinski definition) is 0. The number of anilines is 1. The molecule has 0 bridgehead atoms. The van der Waals surface area contributed by atoms with Crippen molar-refractivity contribution >= 4 is 55.5 Å². The van der Waals surface area contributed by atoms with E-state index in [0.29, 0.717) is 6.42 Å². The van der Waals surface area contributed by atoms with E-state index in [1.54, 1.807) is 6.92 Å². The lowest BCUT2D eigenvalue weighted by Crippen LogP contribution is -2.34. The first-order valence-electron chi connectivity index (χ1n) is 12.2. The molecule has 2 heterocycles. The highest BCUT2D eigenvalue weighted by Gasteiger charge is 2.24. The largest absolute Gasteiger partial charge is 0.726 e. The van der Waals surface area contributed by atoms with E-state index < -0.39 is 10.4 Å². The molecule has 4 rings (SSSR count). The fourth-order valence-electron chi connectivity index (χ4n) is 3.85. The number of benzene rings is 2. The van der Waals surface area contributed by atoms with Gasteiger partial charge in [0.1, 0.15) is 11.2 Å². The molecule has 1 aliphatic rings. The van der Waals surface area contributed by atoms with Crippen molar-refractivity contribution in [2.75, 3.05) is 18.1 Å². The third-order valence-electron chi connectivity index (χ3n) is 5.30. The normalized spacial score (nSPS) is 14.8. The van der Waals surface area contributed by atoms with Gasteiger partial charge in [-0.25, -0.2) is 8.42 Å². The molecule has 9 heteroatoms. The first-order valence-corrected chi connectivity index (χ1v) is 15.2. The van der Waals surface area contributed by atoms with E-state index in [4.69, 9.17) is 0 Å². The molecule has 0 atom stereocenters. The Morgan fingerprint density at radius 3 is 2.44 bits per heavy atom. The lowest BCUT2D eigenvalue weighted by molar-refractivity contribution is -0.668. The summed E-state index contributed by atoms with van der Waals surface area (Å²) in [5.41, 5.74) is 3.99. The number of rotatable bonds is 9. The Morgan fingerprint density at radius 2 is 1.78 bits per heavy atom. The average molecular weight is 547 g/mol. The summed E-state index contributed by atoms with van der Waals surface area (Å²) in [4.78, 5) is 3.82. The van der Waals surface area contributed by atoms with Crippen LogP contribution in [0.15, 0.2) is 70.1 Å². The molecule has 0 unspecified atom stereocenters.